The van der Waals surface area contributed by atoms with Gasteiger partial charge in [0.25, 0.3) is 5.91 Å². The van der Waals surface area contributed by atoms with Crippen LogP contribution in [0.2, 0.25) is 0 Å². The molecule has 6 nitrogen and oxygen atoms in total. The number of ether oxygens (including phenoxy) is 1. The van der Waals surface area contributed by atoms with Crippen LogP contribution < -0.4 is 10.1 Å². The topological polar surface area (TPSA) is 69.0 Å². The Kier molecular flexibility index (Phi) is 4.79. The summed E-state index contributed by atoms with van der Waals surface area (Å²) in [5.74, 6) is 0.308. The van der Waals surface area contributed by atoms with Crippen LogP contribution in [0.4, 0.5) is 5.69 Å². The zero-order valence-electron chi connectivity index (χ0n) is 14.5. The van der Waals surface area contributed by atoms with Crippen LogP contribution in [-0.4, -0.2) is 27.8 Å². The summed E-state index contributed by atoms with van der Waals surface area (Å²) in [5, 5.41) is 7.37. The fourth-order valence-corrected chi connectivity index (χ4v) is 2.70. The Morgan fingerprint density at radius 2 is 1.92 bits per heavy atom. The highest BCUT2D eigenvalue weighted by Crippen LogP contribution is 2.18. The lowest BCUT2D eigenvalue weighted by atomic mass is 10.1. The van der Waals surface area contributed by atoms with Crippen LogP contribution in [0, 0.1) is 13.8 Å². The van der Waals surface area contributed by atoms with E-state index in [4.69, 9.17) is 4.74 Å². The van der Waals surface area contributed by atoms with Gasteiger partial charge in [-0.3, -0.25) is 9.48 Å². The maximum Gasteiger partial charge on any atom is 0.259 e. The second-order valence-electron chi connectivity index (χ2n) is 5.73. The molecule has 0 bridgehead atoms. The van der Waals surface area contributed by atoms with Gasteiger partial charge >= 0.3 is 0 Å². The summed E-state index contributed by atoms with van der Waals surface area (Å²) in [6.45, 7) is 4.38. The summed E-state index contributed by atoms with van der Waals surface area (Å²) in [6, 6.07) is 13.5. The molecule has 0 saturated heterocycles. The highest BCUT2D eigenvalue weighted by molar-refractivity contribution is 6.05. The largest absolute Gasteiger partial charge is 0.481 e. The van der Waals surface area contributed by atoms with E-state index in [1.807, 2.05) is 48.9 Å². The Bertz CT molecular complexity index is 870. The average molecular weight is 336 g/mol. The van der Waals surface area contributed by atoms with Crippen molar-refractivity contribution in [2.45, 2.75) is 20.4 Å². The SMILES string of the molecule is COc1ccc(NC(=O)c2c(C)nn(Cc3ccccc3)c2C)cn1. The van der Waals surface area contributed by atoms with E-state index >= 15 is 0 Å². The van der Waals surface area contributed by atoms with Gasteiger partial charge in [-0.15, -0.1) is 0 Å². The molecule has 1 N–H and O–H groups in total. The van der Waals surface area contributed by atoms with E-state index in [1.54, 1.807) is 25.4 Å². The van der Waals surface area contributed by atoms with E-state index in [0.717, 1.165) is 11.3 Å². The predicted octanol–water partition coefficient (Wildman–Crippen LogP) is 3.20. The molecule has 128 valence electrons. The molecule has 0 aliphatic carbocycles. The summed E-state index contributed by atoms with van der Waals surface area (Å²) in [5.41, 5.74) is 3.87. The number of methoxy groups -OCH3 is 1. The lowest BCUT2D eigenvalue weighted by molar-refractivity contribution is 0.102. The summed E-state index contributed by atoms with van der Waals surface area (Å²) in [4.78, 5) is 16.7. The molecule has 0 saturated carbocycles. The Labute approximate surface area is 146 Å². The molecule has 25 heavy (non-hydrogen) atoms. The number of carbonyl (C=O) groups excluding carboxylic acids is 1. The molecule has 3 aromatic rings. The maximum atomic E-state index is 12.7. The summed E-state index contributed by atoms with van der Waals surface area (Å²) in [6.07, 6.45) is 1.57. The standard InChI is InChI=1S/C19H20N4O2/c1-13-18(19(24)21-16-9-10-17(25-3)20-11-16)14(2)23(22-13)12-15-7-5-4-6-8-15/h4-11H,12H2,1-3H3,(H,21,24). The third-order valence-corrected chi connectivity index (χ3v) is 3.99. The van der Waals surface area contributed by atoms with Gasteiger partial charge in [-0.05, 0) is 25.5 Å². The highest BCUT2D eigenvalue weighted by atomic mass is 16.5. The van der Waals surface area contributed by atoms with Crippen LogP contribution in [0.1, 0.15) is 27.3 Å². The fraction of sp³-hybridized carbons (Fsp3) is 0.211. The molecule has 0 atom stereocenters. The predicted molar refractivity (Wildman–Crippen MR) is 96.0 cm³/mol. The quantitative estimate of drug-likeness (QED) is 0.777. The van der Waals surface area contributed by atoms with Crippen LogP contribution in [0.5, 0.6) is 5.88 Å². The number of aromatic nitrogens is 3. The number of amides is 1. The first kappa shape index (κ1) is 16.7. The Morgan fingerprint density at radius 3 is 2.56 bits per heavy atom. The molecule has 0 aliphatic rings. The lowest BCUT2D eigenvalue weighted by Crippen LogP contribution is -2.14. The zero-order valence-corrected chi connectivity index (χ0v) is 14.5. The van der Waals surface area contributed by atoms with Crippen molar-refractivity contribution in [3.05, 3.63) is 71.2 Å². The second kappa shape index (κ2) is 7.17. The van der Waals surface area contributed by atoms with Crippen molar-refractivity contribution in [3.63, 3.8) is 0 Å². The number of aryl methyl sites for hydroxylation is 1. The number of carbonyl (C=O) groups is 1. The average Bonchev–Trinajstić information content (AvgIpc) is 2.90. The van der Waals surface area contributed by atoms with Gasteiger partial charge in [0, 0.05) is 11.8 Å². The molecule has 0 fully saturated rings. The van der Waals surface area contributed by atoms with Crippen molar-refractivity contribution < 1.29 is 9.53 Å². The Hall–Kier alpha value is -3.15. The van der Waals surface area contributed by atoms with Crippen LogP contribution in [0.15, 0.2) is 48.7 Å². The van der Waals surface area contributed by atoms with Gasteiger partial charge in [-0.2, -0.15) is 5.10 Å². The van der Waals surface area contributed by atoms with E-state index in [2.05, 4.69) is 15.4 Å². The van der Waals surface area contributed by atoms with Gasteiger partial charge in [0.2, 0.25) is 5.88 Å². The summed E-state index contributed by atoms with van der Waals surface area (Å²) >= 11 is 0. The van der Waals surface area contributed by atoms with Gasteiger partial charge < -0.3 is 10.1 Å². The van der Waals surface area contributed by atoms with Crippen LogP contribution >= 0.6 is 0 Å². The molecule has 3 rings (SSSR count). The monoisotopic (exact) mass is 336 g/mol. The number of rotatable bonds is 5. The van der Waals surface area contributed by atoms with Gasteiger partial charge in [-0.25, -0.2) is 4.98 Å². The lowest BCUT2D eigenvalue weighted by Gasteiger charge is -2.07. The van der Waals surface area contributed by atoms with Crippen molar-refractivity contribution in [3.8, 4) is 5.88 Å². The number of hydrogen-bond acceptors (Lipinski definition) is 4. The van der Waals surface area contributed by atoms with E-state index < -0.39 is 0 Å². The molecule has 0 aliphatic heterocycles. The molecule has 6 heteroatoms. The van der Waals surface area contributed by atoms with Crippen molar-refractivity contribution in [2.75, 3.05) is 12.4 Å². The molecule has 2 heterocycles. The van der Waals surface area contributed by atoms with Crippen molar-refractivity contribution >= 4 is 11.6 Å². The summed E-state index contributed by atoms with van der Waals surface area (Å²) < 4.78 is 6.87. The Balaban J connectivity index is 1.80. The van der Waals surface area contributed by atoms with Crippen LogP contribution in [-0.2, 0) is 6.54 Å². The molecular weight excluding hydrogens is 316 g/mol. The minimum absolute atomic E-state index is 0.193. The number of anilines is 1. The number of nitrogens with one attached hydrogen (secondary N) is 1. The van der Waals surface area contributed by atoms with Crippen molar-refractivity contribution in [1.29, 1.82) is 0 Å². The van der Waals surface area contributed by atoms with Crippen molar-refractivity contribution in [1.82, 2.24) is 14.8 Å². The molecule has 0 radical (unpaired) electrons. The first-order chi connectivity index (χ1) is 12.1. The molecule has 1 aromatic carbocycles. The third kappa shape index (κ3) is 3.68. The van der Waals surface area contributed by atoms with E-state index in [-0.39, 0.29) is 5.91 Å². The number of pyridine rings is 1. The first-order valence-electron chi connectivity index (χ1n) is 7.98. The normalized spacial score (nSPS) is 10.5. The smallest absolute Gasteiger partial charge is 0.259 e. The van der Waals surface area contributed by atoms with E-state index in [0.29, 0.717) is 29.4 Å². The molecule has 0 spiro atoms. The molecular formula is C19H20N4O2. The number of hydrogen-bond donors (Lipinski definition) is 1. The molecule has 2 aromatic heterocycles. The Morgan fingerprint density at radius 1 is 1.16 bits per heavy atom. The molecule has 0 unspecified atom stereocenters. The second-order valence-corrected chi connectivity index (χ2v) is 5.73. The van der Waals surface area contributed by atoms with Gasteiger partial charge in [0.1, 0.15) is 0 Å². The van der Waals surface area contributed by atoms with Crippen molar-refractivity contribution in [2.24, 2.45) is 0 Å². The maximum absolute atomic E-state index is 12.7. The van der Waals surface area contributed by atoms with Gasteiger partial charge in [-0.1, -0.05) is 30.3 Å². The summed E-state index contributed by atoms with van der Waals surface area (Å²) in [7, 11) is 1.55. The van der Waals surface area contributed by atoms with E-state index in [1.165, 1.54) is 0 Å². The van der Waals surface area contributed by atoms with Gasteiger partial charge in [0.15, 0.2) is 0 Å². The number of benzene rings is 1. The highest BCUT2D eigenvalue weighted by Gasteiger charge is 2.19. The minimum Gasteiger partial charge on any atom is -0.481 e. The number of nitrogens with zero attached hydrogens (tertiary/aromatic N) is 3. The molecule has 1 amide bonds. The van der Waals surface area contributed by atoms with Crippen LogP contribution in [0.25, 0.3) is 0 Å². The third-order valence-electron chi connectivity index (χ3n) is 3.99. The first-order valence-corrected chi connectivity index (χ1v) is 7.98. The van der Waals surface area contributed by atoms with Gasteiger partial charge in [0.05, 0.1) is 36.8 Å². The zero-order chi connectivity index (χ0) is 17.8. The fourth-order valence-electron chi connectivity index (χ4n) is 2.70. The van der Waals surface area contributed by atoms with Crippen LogP contribution in [0.3, 0.4) is 0 Å². The minimum atomic E-state index is -0.193. The van der Waals surface area contributed by atoms with E-state index in [9.17, 15) is 4.79 Å².